The number of carbonyl (C=O) groups is 2. The van der Waals surface area contributed by atoms with Gasteiger partial charge in [-0.15, -0.1) is 0 Å². The number of benzene rings is 2. The first-order chi connectivity index (χ1) is 18.4. The molecule has 10 heteroatoms. The van der Waals surface area contributed by atoms with Gasteiger partial charge in [-0.25, -0.2) is 4.98 Å². The Labute approximate surface area is 221 Å². The molecule has 0 saturated heterocycles. The first-order valence-corrected chi connectivity index (χ1v) is 12.0. The minimum absolute atomic E-state index is 0.166. The average Bonchev–Trinajstić information content (AvgIpc) is 3.61. The largest absolute Gasteiger partial charge is 0.497 e. The van der Waals surface area contributed by atoms with Crippen molar-refractivity contribution in [1.29, 1.82) is 0 Å². The molecule has 0 spiro atoms. The van der Waals surface area contributed by atoms with Gasteiger partial charge in [-0.05, 0) is 74.8 Å². The molecule has 38 heavy (non-hydrogen) atoms. The highest BCUT2D eigenvalue weighted by Gasteiger charge is 2.22. The average molecular weight is 518 g/mol. The summed E-state index contributed by atoms with van der Waals surface area (Å²) in [6.45, 7) is 0.770. The lowest BCUT2D eigenvalue weighted by Gasteiger charge is -2.23. The first kappa shape index (κ1) is 26.5. The molecular formula is C28H31N5O5. The minimum Gasteiger partial charge on any atom is -0.497 e. The van der Waals surface area contributed by atoms with Crippen molar-refractivity contribution in [3.05, 3.63) is 78.9 Å². The number of carbonyl (C=O) groups excluding carboxylic acids is 2. The Morgan fingerprint density at radius 3 is 2.18 bits per heavy atom. The quantitative estimate of drug-likeness (QED) is 0.323. The molecule has 4 aromatic rings. The van der Waals surface area contributed by atoms with E-state index in [1.807, 2.05) is 73.7 Å². The molecule has 0 bridgehead atoms. The molecule has 4 rings (SSSR count). The number of aromatic nitrogens is 2. The fraction of sp³-hybridized carbons (Fsp3) is 0.250. The number of rotatable bonds is 11. The fourth-order valence-corrected chi connectivity index (χ4v) is 3.78. The number of imidazole rings is 1. The van der Waals surface area contributed by atoms with E-state index in [1.165, 1.54) is 11.2 Å². The molecule has 0 saturated carbocycles. The molecule has 198 valence electrons. The van der Waals surface area contributed by atoms with E-state index in [1.54, 1.807) is 30.9 Å². The molecule has 0 aliphatic carbocycles. The van der Waals surface area contributed by atoms with Crippen molar-refractivity contribution in [2.75, 3.05) is 53.3 Å². The molecular weight excluding hydrogens is 486 g/mol. The number of furan rings is 1. The summed E-state index contributed by atoms with van der Waals surface area (Å²) in [5.74, 6) is 1.20. The lowest BCUT2D eigenvalue weighted by Crippen LogP contribution is -2.41. The van der Waals surface area contributed by atoms with E-state index >= 15 is 0 Å². The van der Waals surface area contributed by atoms with Crippen molar-refractivity contribution in [3.63, 3.8) is 0 Å². The standard InChI is InChI=1S/C28H31N5O5/c1-31(2)15-16-32(27(35)25-6-5-17-38-25)19-26(34)30-28-29-24(20-7-11-22(36-3)12-8-20)18-33(28)21-9-13-23(37-4)14-10-21/h5-14,17-18H,15-16,19H2,1-4H3,(H,29,30,34). The summed E-state index contributed by atoms with van der Waals surface area (Å²) in [5.41, 5.74) is 2.30. The van der Waals surface area contributed by atoms with E-state index in [0.717, 1.165) is 17.0 Å². The van der Waals surface area contributed by atoms with Crippen LogP contribution in [0.4, 0.5) is 5.95 Å². The summed E-state index contributed by atoms with van der Waals surface area (Å²) in [7, 11) is 7.02. The van der Waals surface area contributed by atoms with Crippen molar-refractivity contribution in [1.82, 2.24) is 19.4 Å². The maximum Gasteiger partial charge on any atom is 0.290 e. The Morgan fingerprint density at radius 1 is 0.947 bits per heavy atom. The third-order valence-electron chi connectivity index (χ3n) is 5.86. The zero-order chi connectivity index (χ0) is 27.1. The Balaban J connectivity index is 1.61. The van der Waals surface area contributed by atoms with Crippen molar-refractivity contribution in [3.8, 4) is 28.4 Å². The number of anilines is 1. The van der Waals surface area contributed by atoms with Crippen molar-refractivity contribution in [2.45, 2.75) is 0 Å². The molecule has 0 aliphatic heterocycles. The minimum atomic E-state index is -0.384. The van der Waals surface area contributed by atoms with Gasteiger partial charge in [0.15, 0.2) is 5.76 Å². The molecule has 0 atom stereocenters. The number of ether oxygens (including phenoxy) is 2. The molecule has 2 aromatic carbocycles. The molecule has 0 fully saturated rings. The van der Waals surface area contributed by atoms with Crippen LogP contribution in [0.5, 0.6) is 11.5 Å². The first-order valence-electron chi connectivity index (χ1n) is 12.0. The van der Waals surface area contributed by atoms with Gasteiger partial charge in [0.1, 0.15) is 18.0 Å². The van der Waals surface area contributed by atoms with Crippen LogP contribution in [0.1, 0.15) is 10.6 Å². The number of amides is 2. The van der Waals surface area contributed by atoms with Crippen LogP contribution in [0.25, 0.3) is 16.9 Å². The zero-order valence-electron chi connectivity index (χ0n) is 21.9. The Hall–Kier alpha value is -4.57. The second-order valence-electron chi connectivity index (χ2n) is 8.80. The van der Waals surface area contributed by atoms with Gasteiger partial charge in [0.25, 0.3) is 5.91 Å². The van der Waals surface area contributed by atoms with Crippen LogP contribution < -0.4 is 14.8 Å². The van der Waals surface area contributed by atoms with Gasteiger partial charge in [0, 0.05) is 30.5 Å². The molecule has 0 radical (unpaired) electrons. The normalized spacial score (nSPS) is 10.9. The summed E-state index contributed by atoms with van der Waals surface area (Å²) >= 11 is 0. The molecule has 2 amide bonds. The molecule has 0 aliphatic rings. The van der Waals surface area contributed by atoms with Crippen molar-refractivity contribution >= 4 is 17.8 Å². The number of hydrogen-bond donors (Lipinski definition) is 1. The number of methoxy groups -OCH3 is 2. The highest BCUT2D eigenvalue weighted by Crippen LogP contribution is 2.27. The van der Waals surface area contributed by atoms with E-state index in [-0.39, 0.29) is 24.1 Å². The summed E-state index contributed by atoms with van der Waals surface area (Å²) in [6, 6.07) is 18.1. The third kappa shape index (κ3) is 6.40. The van der Waals surface area contributed by atoms with E-state index < -0.39 is 0 Å². The smallest absolute Gasteiger partial charge is 0.290 e. The lowest BCUT2D eigenvalue weighted by atomic mass is 10.1. The second kappa shape index (κ2) is 12.1. The van der Waals surface area contributed by atoms with E-state index in [9.17, 15) is 9.59 Å². The van der Waals surface area contributed by atoms with Gasteiger partial charge in [-0.2, -0.15) is 0 Å². The summed E-state index contributed by atoms with van der Waals surface area (Å²) in [4.78, 5) is 34.3. The number of nitrogens with one attached hydrogen (secondary N) is 1. The van der Waals surface area contributed by atoms with Gasteiger partial charge in [0.05, 0.1) is 26.2 Å². The Bertz CT molecular complexity index is 1350. The maximum atomic E-state index is 13.2. The number of likely N-dealkylation sites (N-methyl/N-ethyl adjacent to an activating group) is 1. The lowest BCUT2D eigenvalue weighted by molar-refractivity contribution is -0.117. The Kier molecular flexibility index (Phi) is 8.44. The predicted molar refractivity (Wildman–Crippen MR) is 144 cm³/mol. The number of nitrogens with zero attached hydrogens (tertiary/aromatic N) is 4. The fourth-order valence-electron chi connectivity index (χ4n) is 3.78. The van der Waals surface area contributed by atoms with Crippen LogP contribution in [0.3, 0.4) is 0 Å². The maximum absolute atomic E-state index is 13.2. The monoisotopic (exact) mass is 517 g/mol. The Morgan fingerprint density at radius 2 is 1.61 bits per heavy atom. The predicted octanol–water partition coefficient (Wildman–Crippen LogP) is 3.79. The molecule has 2 heterocycles. The van der Waals surface area contributed by atoms with Crippen LogP contribution in [0.15, 0.2) is 77.5 Å². The van der Waals surface area contributed by atoms with Crippen molar-refractivity contribution in [2.24, 2.45) is 0 Å². The van der Waals surface area contributed by atoms with Crippen LogP contribution in [-0.4, -0.2) is 79.1 Å². The molecule has 0 unspecified atom stereocenters. The highest BCUT2D eigenvalue weighted by atomic mass is 16.5. The third-order valence-corrected chi connectivity index (χ3v) is 5.86. The van der Waals surface area contributed by atoms with E-state index in [2.05, 4.69) is 5.32 Å². The number of hydrogen-bond acceptors (Lipinski definition) is 7. The topological polar surface area (TPSA) is 102 Å². The van der Waals surface area contributed by atoms with E-state index in [4.69, 9.17) is 18.9 Å². The van der Waals surface area contributed by atoms with Crippen LogP contribution >= 0.6 is 0 Å². The zero-order valence-corrected chi connectivity index (χ0v) is 21.9. The summed E-state index contributed by atoms with van der Waals surface area (Å²) < 4.78 is 17.6. The van der Waals surface area contributed by atoms with Gasteiger partial charge in [-0.3, -0.25) is 19.5 Å². The van der Waals surface area contributed by atoms with Gasteiger partial charge in [-0.1, -0.05) is 0 Å². The van der Waals surface area contributed by atoms with Gasteiger partial charge in [0.2, 0.25) is 11.9 Å². The molecule has 2 aromatic heterocycles. The van der Waals surface area contributed by atoms with Crippen molar-refractivity contribution < 1.29 is 23.5 Å². The van der Waals surface area contributed by atoms with Crippen LogP contribution in [0.2, 0.25) is 0 Å². The molecule has 10 nitrogen and oxygen atoms in total. The SMILES string of the molecule is COc1ccc(-c2cn(-c3ccc(OC)cc3)c(NC(=O)CN(CCN(C)C)C(=O)c3ccco3)n2)cc1. The second-order valence-corrected chi connectivity index (χ2v) is 8.80. The van der Waals surface area contributed by atoms with Crippen LogP contribution in [0, 0.1) is 0 Å². The summed E-state index contributed by atoms with van der Waals surface area (Å²) in [5, 5.41) is 2.89. The van der Waals surface area contributed by atoms with Gasteiger partial charge < -0.3 is 23.7 Å². The van der Waals surface area contributed by atoms with Gasteiger partial charge >= 0.3 is 0 Å². The van der Waals surface area contributed by atoms with E-state index in [0.29, 0.717) is 30.5 Å². The highest BCUT2D eigenvalue weighted by molar-refractivity contribution is 5.97. The summed E-state index contributed by atoms with van der Waals surface area (Å²) in [6.07, 6.45) is 3.28. The molecule has 1 N–H and O–H groups in total. The van der Waals surface area contributed by atoms with Crippen LogP contribution in [-0.2, 0) is 4.79 Å².